The molecular weight excluding hydrogens is 226 g/mol. The third-order valence-electron chi connectivity index (χ3n) is 3.36. The first-order valence-corrected chi connectivity index (χ1v) is 6.35. The van der Waals surface area contributed by atoms with E-state index in [0.29, 0.717) is 6.42 Å². The number of carbonyl (C=O) groups is 1. The zero-order chi connectivity index (χ0) is 13.7. The Balaban J connectivity index is 3.00. The van der Waals surface area contributed by atoms with Crippen LogP contribution in [0.25, 0.3) is 0 Å². The summed E-state index contributed by atoms with van der Waals surface area (Å²) in [5.41, 5.74) is 3.96. The number of aryl methyl sites for hydroxylation is 1. The Hall–Kier alpha value is -1.35. The fourth-order valence-corrected chi connectivity index (χ4v) is 2.22. The van der Waals surface area contributed by atoms with Crippen LogP contribution in [0.5, 0.6) is 5.75 Å². The van der Waals surface area contributed by atoms with Crippen LogP contribution in [0.3, 0.4) is 0 Å². The molecule has 0 bridgehead atoms. The number of ether oxygens (including phenoxy) is 1. The first-order valence-electron chi connectivity index (χ1n) is 6.35. The highest BCUT2D eigenvalue weighted by Crippen LogP contribution is 2.29. The van der Waals surface area contributed by atoms with Crippen molar-refractivity contribution in [3.05, 3.63) is 28.3 Å². The van der Waals surface area contributed by atoms with Crippen LogP contribution in [-0.2, 0) is 0 Å². The molecule has 0 heterocycles. The smallest absolute Gasteiger partial charge is 0.163 e. The zero-order valence-corrected chi connectivity index (χ0v) is 12.0. The number of nitrogens with one attached hydrogen (secondary N) is 1. The molecular formula is C15H23NO2. The van der Waals surface area contributed by atoms with E-state index in [4.69, 9.17) is 4.74 Å². The average Bonchev–Trinajstić information content (AvgIpc) is 2.34. The van der Waals surface area contributed by atoms with Gasteiger partial charge < -0.3 is 10.1 Å². The van der Waals surface area contributed by atoms with E-state index in [2.05, 4.69) is 5.32 Å². The van der Waals surface area contributed by atoms with Gasteiger partial charge in [-0.3, -0.25) is 4.79 Å². The molecule has 100 valence electrons. The maximum atomic E-state index is 12.2. The number of ketones is 1. The van der Waals surface area contributed by atoms with Gasteiger partial charge in [0.1, 0.15) is 5.75 Å². The number of Topliss-reactive ketones (excluding diaryl/α,β-unsaturated/α-hetero) is 1. The number of hydrogen-bond acceptors (Lipinski definition) is 3. The van der Waals surface area contributed by atoms with E-state index >= 15 is 0 Å². The Morgan fingerprint density at radius 1 is 1.28 bits per heavy atom. The summed E-state index contributed by atoms with van der Waals surface area (Å²) in [6.45, 7) is 6.85. The largest absolute Gasteiger partial charge is 0.496 e. The second-order valence-corrected chi connectivity index (χ2v) is 4.65. The van der Waals surface area contributed by atoms with Gasteiger partial charge in [0.25, 0.3) is 0 Å². The molecule has 0 aliphatic carbocycles. The second-order valence-electron chi connectivity index (χ2n) is 4.65. The predicted molar refractivity (Wildman–Crippen MR) is 74.7 cm³/mol. The highest BCUT2D eigenvalue weighted by Gasteiger charge is 2.15. The molecule has 0 amide bonds. The van der Waals surface area contributed by atoms with Crippen LogP contribution in [0.2, 0.25) is 0 Å². The summed E-state index contributed by atoms with van der Waals surface area (Å²) < 4.78 is 5.37. The molecule has 0 atom stereocenters. The van der Waals surface area contributed by atoms with E-state index in [1.807, 2.05) is 33.9 Å². The van der Waals surface area contributed by atoms with Gasteiger partial charge >= 0.3 is 0 Å². The Morgan fingerprint density at radius 2 is 1.94 bits per heavy atom. The summed E-state index contributed by atoms with van der Waals surface area (Å²) in [7, 11) is 3.57. The Kier molecular flexibility index (Phi) is 5.35. The molecule has 0 aromatic heterocycles. The van der Waals surface area contributed by atoms with Crippen molar-refractivity contribution >= 4 is 5.78 Å². The first kappa shape index (κ1) is 14.7. The Morgan fingerprint density at radius 3 is 2.50 bits per heavy atom. The molecule has 0 saturated carbocycles. The number of hydrogen-bond donors (Lipinski definition) is 1. The van der Waals surface area contributed by atoms with Crippen molar-refractivity contribution in [1.29, 1.82) is 0 Å². The van der Waals surface area contributed by atoms with Crippen molar-refractivity contribution in [3.8, 4) is 5.75 Å². The number of benzene rings is 1. The minimum Gasteiger partial charge on any atom is -0.496 e. The molecule has 1 aromatic carbocycles. The Bertz CT molecular complexity index is 439. The zero-order valence-electron chi connectivity index (χ0n) is 12.0. The number of rotatable bonds is 6. The molecule has 0 unspecified atom stereocenters. The molecule has 0 spiro atoms. The maximum Gasteiger partial charge on any atom is 0.163 e. The van der Waals surface area contributed by atoms with E-state index in [1.165, 1.54) is 0 Å². The van der Waals surface area contributed by atoms with Crippen LogP contribution in [0, 0.1) is 20.8 Å². The minimum atomic E-state index is 0.219. The number of methoxy groups -OCH3 is 1. The minimum absolute atomic E-state index is 0.219. The van der Waals surface area contributed by atoms with Crippen LogP contribution >= 0.6 is 0 Å². The second kappa shape index (κ2) is 6.55. The normalized spacial score (nSPS) is 10.5. The topological polar surface area (TPSA) is 38.3 Å². The lowest BCUT2D eigenvalue weighted by Crippen LogP contribution is -2.11. The summed E-state index contributed by atoms with van der Waals surface area (Å²) in [6.07, 6.45) is 1.46. The lowest BCUT2D eigenvalue weighted by molar-refractivity contribution is 0.0979. The monoisotopic (exact) mass is 249 g/mol. The van der Waals surface area contributed by atoms with Gasteiger partial charge in [0, 0.05) is 12.0 Å². The van der Waals surface area contributed by atoms with Gasteiger partial charge in [-0.1, -0.05) is 0 Å². The van der Waals surface area contributed by atoms with E-state index in [0.717, 1.165) is 41.0 Å². The predicted octanol–water partition coefficient (Wildman–Crippen LogP) is 2.80. The molecule has 0 saturated heterocycles. The highest BCUT2D eigenvalue weighted by molar-refractivity contribution is 5.98. The summed E-state index contributed by atoms with van der Waals surface area (Å²) in [4.78, 5) is 12.2. The van der Waals surface area contributed by atoms with E-state index in [1.54, 1.807) is 7.11 Å². The third kappa shape index (κ3) is 3.10. The van der Waals surface area contributed by atoms with Gasteiger partial charge in [-0.25, -0.2) is 0 Å². The summed E-state index contributed by atoms with van der Waals surface area (Å²) >= 11 is 0. The quantitative estimate of drug-likeness (QED) is 0.622. The Labute approximate surface area is 110 Å². The van der Waals surface area contributed by atoms with Gasteiger partial charge in [-0.2, -0.15) is 0 Å². The van der Waals surface area contributed by atoms with Gasteiger partial charge in [-0.15, -0.1) is 0 Å². The molecule has 0 radical (unpaired) electrons. The fraction of sp³-hybridized carbons (Fsp3) is 0.533. The first-order chi connectivity index (χ1) is 8.52. The summed E-state index contributed by atoms with van der Waals surface area (Å²) in [5.74, 6) is 1.11. The highest BCUT2D eigenvalue weighted by atomic mass is 16.5. The molecule has 0 aliphatic heterocycles. The van der Waals surface area contributed by atoms with Crippen LogP contribution in [-0.4, -0.2) is 26.5 Å². The van der Waals surface area contributed by atoms with Crippen LogP contribution in [0.1, 0.15) is 39.9 Å². The molecule has 1 rings (SSSR count). The van der Waals surface area contributed by atoms with Crippen LogP contribution < -0.4 is 10.1 Å². The van der Waals surface area contributed by atoms with Crippen molar-refractivity contribution in [3.63, 3.8) is 0 Å². The third-order valence-corrected chi connectivity index (χ3v) is 3.36. The van der Waals surface area contributed by atoms with Gasteiger partial charge in [0.2, 0.25) is 0 Å². The maximum absolute atomic E-state index is 12.2. The molecule has 1 aromatic rings. The molecule has 0 aliphatic rings. The van der Waals surface area contributed by atoms with Crippen molar-refractivity contribution in [1.82, 2.24) is 5.32 Å². The molecule has 18 heavy (non-hydrogen) atoms. The van der Waals surface area contributed by atoms with Gasteiger partial charge in [-0.05, 0) is 63.5 Å². The van der Waals surface area contributed by atoms with Crippen molar-refractivity contribution in [2.45, 2.75) is 33.6 Å². The van der Waals surface area contributed by atoms with Crippen molar-refractivity contribution in [2.75, 3.05) is 20.7 Å². The van der Waals surface area contributed by atoms with Crippen molar-refractivity contribution in [2.24, 2.45) is 0 Å². The van der Waals surface area contributed by atoms with Crippen LogP contribution in [0.4, 0.5) is 0 Å². The SMILES string of the molecule is CNCCCC(=O)c1cc(C)c(OC)c(C)c1C. The molecule has 0 fully saturated rings. The van der Waals surface area contributed by atoms with E-state index in [-0.39, 0.29) is 5.78 Å². The van der Waals surface area contributed by atoms with Gasteiger partial charge in [0.05, 0.1) is 7.11 Å². The number of carbonyl (C=O) groups excluding carboxylic acids is 1. The van der Waals surface area contributed by atoms with E-state index in [9.17, 15) is 4.79 Å². The van der Waals surface area contributed by atoms with Crippen LogP contribution in [0.15, 0.2) is 6.07 Å². The summed E-state index contributed by atoms with van der Waals surface area (Å²) in [6, 6.07) is 1.95. The van der Waals surface area contributed by atoms with Crippen molar-refractivity contribution < 1.29 is 9.53 Å². The summed E-state index contributed by atoms with van der Waals surface area (Å²) in [5, 5.41) is 3.06. The molecule has 1 N–H and O–H groups in total. The fourth-order valence-electron chi connectivity index (χ4n) is 2.22. The standard InChI is InChI=1S/C15H23NO2/c1-10-9-13(14(17)7-6-8-16-4)11(2)12(3)15(10)18-5/h9,16H,6-8H2,1-5H3. The lowest BCUT2D eigenvalue weighted by Gasteiger charge is -2.15. The van der Waals surface area contributed by atoms with E-state index < -0.39 is 0 Å². The molecule has 3 nitrogen and oxygen atoms in total. The average molecular weight is 249 g/mol. The van der Waals surface area contributed by atoms with Gasteiger partial charge in [0.15, 0.2) is 5.78 Å². The lowest BCUT2D eigenvalue weighted by atomic mass is 9.94. The molecule has 3 heteroatoms.